The van der Waals surface area contributed by atoms with E-state index in [1.165, 1.54) is 11.8 Å². The molecule has 2 N–H and O–H groups in total. The normalized spacial score (nSPS) is 11.7. The van der Waals surface area contributed by atoms with Gasteiger partial charge in [0.25, 0.3) is 0 Å². The molecule has 160 valence electrons. The molecule has 0 spiro atoms. The molecule has 32 heavy (non-hydrogen) atoms. The molecule has 0 aliphatic heterocycles. The van der Waals surface area contributed by atoms with E-state index in [9.17, 15) is 4.79 Å². The average Bonchev–Trinajstić information content (AvgIpc) is 2.85. The number of nitrogen functional groups attached to an aromatic ring is 1. The zero-order chi connectivity index (χ0) is 22.3. The molecular weight excluding hydrogens is 416 g/mol. The maximum absolute atomic E-state index is 12.9. The van der Waals surface area contributed by atoms with Crippen molar-refractivity contribution in [2.75, 3.05) is 12.3 Å². The average molecular weight is 441 g/mol. The van der Waals surface area contributed by atoms with E-state index in [-0.39, 0.29) is 5.97 Å². The number of esters is 1. The van der Waals surface area contributed by atoms with Crippen molar-refractivity contribution in [1.82, 2.24) is 4.98 Å². The van der Waals surface area contributed by atoms with Crippen molar-refractivity contribution in [2.24, 2.45) is 0 Å². The van der Waals surface area contributed by atoms with Gasteiger partial charge in [-0.2, -0.15) is 0 Å². The van der Waals surface area contributed by atoms with Crippen molar-refractivity contribution in [2.45, 2.75) is 17.2 Å². The highest BCUT2D eigenvalue weighted by Gasteiger charge is 2.26. The fourth-order valence-electron chi connectivity index (χ4n) is 3.44. The zero-order valence-electron chi connectivity index (χ0n) is 17.8. The number of pyridine rings is 1. The number of thioether (sulfide) groups is 1. The molecule has 0 bridgehead atoms. The van der Waals surface area contributed by atoms with Crippen LogP contribution < -0.4 is 5.73 Å². The van der Waals surface area contributed by atoms with E-state index in [1.807, 2.05) is 97.1 Å². The van der Waals surface area contributed by atoms with Crippen LogP contribution in [0.3, 0.4) is 0 Å². The third-order valence-corrected chi connectivity index (χ3v) is 6.25. The van der Waals surface area contributed by atoms with Gasteiger partial charge in [-0.1, -0.05) is 103 Å². The van der Waals surface area contributed by atoms with Crippen molar-refractivity contribution in [1.29, 1.82) is 0 Å². The van der Waals surface area contributed by atoms with Crippen LogP contribution in [0.15, 0.2) is 102 Å². The van der Waals surface area contributed by atoms with E-state index in [4.69, 9.17) is 15.5 Å². The molecule has 0 saturated carbocycles. The Kier molecular flexibility index (Phi) is 6.87. The van der Waals surface area contributed by atoms with Gasteiger partial charge in [-0.15, -0.1) is 0 Å². The number of anilines is 1. The van der Waals surface area contributed by atoms with Crippen molar-refractivity contribution in [3.8, 4) is 22.4 Å². The van der Waals surface area contributed by atoms with Gasteiger partial charge in [0.05, 0.1) is 18.0 Å². The molecule has 0 saturated heterocycles. The van der Waals surface area contributed by atoms with Crippen molar-refractivity contribution >= 4 is 23.4 Å². The first-order valence-electron chi connectivity index (χ1n) is 10.5. The summed E-state index contributed by atoms with van der Waals surface area (Å²) in [4.78, 5) is 17.7. The highest BCUT2D eigenvalue weighted by molar-refractivity contribution is 8.00. The largest absolute Gasteiger partial charge is 0.465 e. The molecule has 1 heterocycles. The fraction of sp³-hybridized carbons (Fsp3) is 0.111. The monoisotopic (exact) mass is 440 g/mol. The maximum Gasteiger partial charge on any atom is 0.324 e. The number of carbonyl (C=O) groups excluding carboxylic acids is 1. The third-order valence-electron chi connectivity index (χ3n) is 5.01. The summed E-state index contributed by atoms with van der Waals surface area (Å²) in [7, 11) is 0. The number of hydrogen-bond donors (Lipinski definition) is 1. The molecule has 1 unspecified atom stereocenters. The Bertz CT molecular complexity index is 1180. The molecular formula is C27H24N2O2S. The van der Waals surface area contributed by atoms with E-state index < -0.39 is 5.25 Å². The smallest absolute Gasteiger partial charge is 0.324 e. The fourth-order valence-corrected chi connectivity index (χ4v) is 4.51. The lowest BCUT2D eigenvalue weighted by molar-refractivity contribution is -0.142. The Morgan fingerprint density at radius 2 is 1.47 bits per heavy atom. The Morgan fingerprint density at radius 1 is 0.906 bits per heavy atom. The number of carbonyl (C=O) groups is 1. The van der Waals surface area contributed by atoms with E-state index in [1.54, 1.807) is 6.92 Å². The van der Waals surface area contributed by atoms with E-state index in [0.29, 0.717) is 17.3 Å². The second-order valence-corrected chi connectivity index (χ2v) is 8.26. The maximum atomic E-state index is 12.9. The lowest BCUT2D eigenvalue weighted by atomic mass is 10.0. The summed E-state index contributed by atoms with van der Waals surface area (Å²) in [5, 5.41) is 0.0349. The van der Waals surface area contributed by atoms with Gasteiger partial charge in [0, 0.05) is 11.1 Å². The van der Waals surface area contributed by atoms with Crippen LogP contribution >= 0.6 is 11.8 Å². The predicted octanol–water partition coefficient (Wildman–Crippen LogP) is 6.39. The summed E-state index contributed by atoms with van der Waals surface area (Å²) >= 11 is 1.32. The zero-order valence-corrected chi connectivity index (χ0v) is 18.6. The Balaban J connectivity index is 1.84. The molecule has 0 amide bonds. The van der Waals surface area contributed by atoms with Crippen LogP contribution in [0.1, 0.15) is 17.7 Å². The van der Waals surface area contributed by atoms with Crippen LogP contribution in [0, 0.1) is 0 Å². The summed E-state index contributed by atoms with van der Waals surface area (Å²) in [6.07, 6.45) is 0. The minimum Gasteiger partial charge on any atom is -0.465 e. The van der Waals surface area contributed by atoms with Crippen LogP contribution in [0.5, 0.6) is 0 Å². The van der Waals surface area contributed by atoms with Gasteiger partial charge >= 0.3 is 5.97 Å². The number of nitrogens with two attached hydrogens (primary N) is 1. The van der Waals surface area contributed by atoms with Gasteiger partial charge in [-0.25, -0.2) is 4.98 Å². The summed E-state index contributed by atoms with van der Waals surface area (Å²) in [5.74, 6) is -0.309. The summed E-state index contributed by atoms with van der Waals surface area (Å²) in [6.45, 7) is 2.12. The molecule has 3 aromatic carbocycles. The lowest BCUT2D eigenvalue weighted by Gasteiger charge is -2.18. The van der Waals surface area contributed by atoms with Crippen LogP contribution in [0.4, 0.5) is 5.69 Å². The van der Waals surface area contributed by atoms with E-state index in [0.717, 1.165) is 27.9 Å². The second kappa shape index (κ2) is 10.2. The molecule has 0 fully saturated rings. The minimum atomic E-state index is -0.569. The molecule has 0 aliphatic rings. The SMILES string of the molecule is CCOC(=O)C(Sc1nc(-c2ccccc2)cc(-c2ccccc2)c1N)c1ccccc1. The number of nitrogens with zero attached hydrogens (tertiary/aromatic N) is 1. The van der Waals surface area contributed by atoms with E-state index in [2.05, 4.69) is 0 Å². The number of aromatic nitrogens is 1. The Labute approximate surface area is 192 Å². The molecule has 4 nitrogen and oxygen atoms in total. The highest BCUT2D eigenvalue weighted by atomic mass is 32.2. The first-order chi connectivity index (χ1) is 15.7. The molecule has 1 atom stereocenters. The Morgan fingerprint density at radius 3 is 2.06 bits per heavy atom. The van der Waals surface area contributed by atoms with Gasteiger partial charge in [-0.05, 0) is 24.1 Å². The quantitative estimate of drug-likeness (QED) is 0.266. The van der Waals surface area contributed by atoms with Gasteiger partial charge in [0.15, 0.2) is 0 Å². The van der Waals surface area contributed by atoms with E-state index >= 15 is 0 Å². The second-order valence-electron chi connectivity index (χ2n) is 7.17. The molecule has 0 radical (unpaired) electrons. The van der Waals surface area contributed by atoms with Crippen molar-refractivity contribution in [3.05, 3.63) is 103 Å². The minimum absolute atomic E-state index is 0.309. The van der Waals surface area contributed by atoms with Gasteiger partial charge in [-0.3, -0.25) is 4.79 Å². The third kappa shape index (κ3) is 4.84. The Hall–Kier alpha value is -3.57. The number of rotatable bonds is 7. The molecule has 5 heteroatoms. The van der Waals surface area contributed by atoms with Crippen LogP contribution in [-0.4, -0.2) is 17.6 Å². The number of hydrogen-bond acceptors (Lipinski definition) is 5. The summed E-state index contributed by atoms with van der Waals surface area (Å²) in [5.41, 5.74) is 11.7. The van der Waals surface area contributed by atoms with Crippen molar-refractivity contribution < 1.29 is 9.53 Å². The standard InChI is InChI=1S/C27H24N2O2S/c1-2-31-27(30)25(21-16-10-5-11-17-21)32-26-24(28)22(19-12-6-3-7-13-19)18-23(29-26)20-14-8-4-9-15-20/h3-18,25H,2,28H2,1H3. The molecule has 1 aromatic heterocycles. The topological polar surface area (TPSA) is 65.2 Å². The first kappa shape index (κ1) is 21.7. The number of benzene rings is 3. The summed E-state index contributed by atoms with van der Waals surface area (Å²) in [6, 6.07) is 31.5. The molecule has 0 aliphatic carbocycles. The highest BCUT2D eigenvalue weighted by Crippen LogP contribution is 2.42. The lowest BCUT2D eigenvalue weighted by Crippen LogP contribution is -2.14. The van der Waals surface area contributed by atoms with Gasteiger partial charge in [0.1, 0.15) is 10.3 Å². The van der Waals surface area contributed by atoms with Crippen LogP contribution in [0.25, 0.3) is 22.4 Å². The van der Waals surface area contributed by atoms with Gasteiger partial charge < -0.3 is 10.5 Å². The van der Waals surface area contributed by atoms with Crippen molar-refractivity contribution in [3.63, 3.8) is 0 Å². The molecule has 4 aromatic rings. The van der Waals surface area contributed by atoms with Gasteiger partial charge in [0.2, 0.25) is 0 Å². The van der Waals surface area contributed by atoms with Crippen LogP contribution in [-0.2, 0) is 9.53 Å². The molecule has 4 rings (SSSR count). The predicted molar refractivity (Wildman–Crippen MR) is 131 cm³/mol. The summed E-state index contributed by atoms with van der Waals surface area (Å²) < 4.78 is 5.37. The number of ether oxygens (including phenoxy) is 1. The van der Waals surface area contributed by atoms with Crippen LogP contribution in [0.2, 0.25) is 0 Å². The first-order valence-corrected chi connectivity index (χ1v) is 11.3.